The molecule has 0 N–H and O–H groups in total. The van der Waals surface area contributed by atoms with Crippen molar-refractivity contribution < 1.29 is 9.47 Å². The molecule has 100 valence electrons. The maximum absolute atomic E-state index is 5.73. The van der Waals surface area contributed by atoms with Gasteiger partial charge in [-0.05, 0) is 31.5 Å². The first-order valence-electron chi connectivity index (χ1n) is 6.46. The van der Waals surface area contributed by atoms with Crippen LogP contribution in [0.5, 0.6) is 5.75 Å². The average Bonchev–Trinajstić information content (AvgIpc) is 2.37. The van der Waals surface area contributed by atoms with E-state index in [2.05, 4.69) is 27.8 Å². The van der Waals surface area contributed by atoms with Gasteiger partial charge in [0.25, 0.3) is 0 Å². The zero-order chi connectivity index (χ0) is 12.8. The van der Waals surface area contributed by atoms with E-state index >= 15 is 0 Å². The Bertz CT molecular complexity index is 373. The smallest absolute Gasteiger partial charge is 0.120 e. The number of morpholine rings is 1. The van der Waals surface area contributed by atoms with E-state index in [9.17, 15) is 0 Å². The molecule has 1 saturated heterocycles. The van der Waals surface area contributed by atoms with Crippen LogP contribution in [0.1, 0.15) is 13.3 Å². The lowest BCUT2D eigenvalue weighted by molar-refractivity contribution is -0.00200. The Morgan fingerprint density at radius 1 is 1.50 bits per heavy atom. The molecule has 0 saturated carbocycles. The van der Waals surface area contributed by atoms with Crippen molar-refractivity contribution in [3.05, 3.63) is 28.7 Å². The predicted molar refractivity (Wildman–Crippen MR) is 76.1 cm³/mol. The van der Waals surface area contributed by atoms with E-state index in [1.54, 1.807) is 0 Å². The van der Waals surface area contributed by atoms with E-state index in [1.165, 1.54) is 0 Å². The van der Waals surface area contributed by atoms with Gasteiger partial charge >= 0.3 is 0 Å². The second-order valence-electron chi connectivity index (χ2n) is 4.62. The molecule has 4 heteroatoms. The van der Waals surface area contributed by atoms with E-state index in [4.69, 9.17) is 9.47 Å². The molecule has 0 aromatic heterocycles. The molecule has 1 atom stereocenters. The predicted octanol–water partition coefficient (Wildman–Crippen LogP) is 2.94. The number of rotatable bonds is 5. The summed E-state index contributed by atoms with van der Waals surface area (Å²) in [5.41, 5.74) is 0. The van der Waals surface area contributed by atoms with Gasteiger partial charge in [-0.3, -0.25) is 4.90 Å². The highest BCUT2D eigenvalue weighted by Gasteiger charge is 2.17. The van der Waals surface area contributed by atoms with Gasteiger partial charge in [-0.1, -0.05) is 22.0 Å². The second kappa shape index (κ2) is 7.12. The summed E-state index contributed by atoms with van der Waals surface area (Å²) in [5.74, 6) is 0.930. The molecule has 1 aliphatic heterocycles. The minimum atomic E-state index is 0.532. The largest absolute Gasteiger partial charge is 0.494 e. The van der Waals surface area contributed by atoms with Gasteiger partial charge in [0.2, 0.25) is 0 Å². The molecule has 0 aliphatic carbocycles. The summed E-state index contributed by atoms with van der Waals surface area (Å²) in [7, 11) is 0. The molecule has 0 spiro atoms. The zero-order valence-electron chi connectivity index (χ0n) is 10.8. The monoisotopic (exact) mass is 313 g/mol. The molecule has 2 rings (SSSR count). The third-order valence-electron chi connectivity index (χ3n) is 3.16. The first-order chi connectivity index (χ1) is 8.75. The number of ether oxygens (including phenoxy) is 2. The molecular formula is C14H20BrNO2. The Balaban J connectivity index is 1.66. The summed E-state index contributed by atoms with van der Waals surface area (Å²) in [6.07, 6.45) is 1.05. The van der Waals surface area contributed by atoms with Crippen LogP contribution in [0, 0.1) is 0 Å². The molecule has 1 aromatic carbocycles. The minimum absolute atomic E-state index is 0.532. The lowest BCUT2D eigenvalue weighted by Crippen LogP contribution is -2.44. The van der Waals surface area contributed by atoms with E-state index in [0.29, 0.717) is 6.04 Å². The molecule has 1 fully saturated rings. The summed E-state index contributed by atoms with van der Waals surface area (Å²) in [6.45, 7) is 6.81. The van der Waals surface area contributed by atoms with E-state index in [0.717, 1.165) is 49.6 Å². The third kappa shape index (κ3) is 4.26. The normalized spacial score (nSPS) is 20.9. The van der Waals surface area contributed by atoms with Gasteiger partial charge in [-0.15, -0.1) is 0 Å². The van der Waals surface area contributed by atoms with Crippen molar-refractivity contribution in [2.24, 2.45) is 0 Å². The lowest BCUT2D eigenvalue weighted by Gasteiger charge is -2.33. The summed E-state index contributed by atoms with van der Waals surface area (Å²) >= 11 is 3.44. The van der Waals surface area contributed by atoms with Crippen molar-refractivity contribution in [2.75, 3.05) is 32.9 Å². The van der Waals surface area contributed by atoms with Crippen molar-refractivity contribution in [3.8, 4) is 5.75 Å². The van der Waals surface area contributed by atoms with Gasteiger partial charge in [0.15, 0.2) is 0 Å². The minimum Gasteiger partial charge on any atom is -0.494 e. The highest BCUT2D eigenvalue weighted by molar-refractivity contribution is 9.10. The maximum atomic E-state index is 5.73. The summed E-state index contributed by atoms with van der Waals surface area (Å²) < 4.78 is 12.2. The average molecular weight is 314 g/mol. The fraction of sp³-hybridized carbons (Fsp3) is 0.571. The van der Waals surface area contributed by atoms with Gasteiger partial charge in [0, 0.05) is 23.6 Å². The molecule has 3 nitrogen and oxygen atoms in total. The first-order valence-corrected chi connectivity index (χ1v) is 7.25. The Morgan fingerprint density at radius 3 is 3.17 bits per heavy atom. The van der Waals surface area contributed by atoms with Crippen LogP contribution in [0.2, 0.25) is 0 Å². The van der Waals surface area contributed by atoms with Crippen LogP contribution in [0.15, 0.2) is 28.7 Å². The van der Waals surface area contributed by atoms with Crippen LogP contribution in [-0.4, -0.2) is 43.9 Å². The van der Waals surface area contributed by atoms with Crippen LogP contribution in [0.4, 0.5) is 0 Å². The lowest BCUT2D eigenvalue weighted by atomic mass is 10.2. The molecule has 1 unspecified atom stereocenters. The van der Waals surface area contributed by atoms with Crippen LogP contribution < -0.4 is 4.74 Å². The Kier molecular flexibility index (Phi) is 5.47. The van der Waals surface area contributed by atoms with Gasteiger partial charge in [-0.2, -0.15) is 0 Å². The van der Waals surface area contributed by atoms with Crippen LogP contribution in [-0.2, 0) is 4.74 Å². The fourth-order valence-electron chi connectivity index (χ4n) is 2.11. The Morgan fingerprint density at radius 2 is 2.39 bits per heavy atom. The molecule has 0 amide bonds. The standard InChI is InChI=1S/C14H20BrNO2/c1-12-11-17-9-7-16(12)6-3-8-18-14-5-2-4-13(15)10-14/h2,4-5,10,12H,3,6-9,11H2,1H3. The summed E-state index contributed by atoms with van der Waals surface area (Å²) in [6, 6.07) is 8.51. The van der Waals surface area contributed by atoms with Crippen LogP contribution >= 0.6 is 15.9 Å². The molecule has 0 bridgehead atoms. The molecule has 1 heterocycles. The Labute approximate surface area is 117 Å². The van der Waals surface area contributed by atoms with Crippen molar-refractivity contribution in [3.63, 3.8) is 0 Å². The SMILES string of the molecule is CC1COCCN1CCCOc1cccc(Br)c1. The topological polar surface area (TPSA) is 21.7 Å². The van der Waals surface area contributed by atoms with Gasteiger partial charge < -0.3 is 9.47 Å². The summed E-state index contributed by atoms with van der Waals surface area (Å²) in [5, 5.41) is 0. The number of benzene rings is 1. The first kappa shape index (κ1) is 13.8. The Hall–Kier alpha value is -0.580. The number of halogens is 1. The molecule has 1 aromatic rings. The maximum Gasteiger partial charge on any atom is 0.120 e. The van der Waals surface area contributed by atoms with Crippen LogP contribution in [0.25, 0.3) is 0 Å². The van der Waals surface area contributed by atoms with E-state index in [-0.39, 0.29) is 0 Å². The van der Waals surface area contributed by atoms with Crippen molar-refractivity contribution in [1.82, 2.24) is 4.90 Å². The fourth-order valence-corrected chi connectivity index (χ4v) is 2.49. The van der Waals surface area contributed by atoms with Gasteiger partial charge in [0.05, 0.1) is 19.8 Å². The van der Waals surface area contributed by atoms with Crippen LogP contribution in [0.3, 0.4) is 0 Å². The quantitative estimate of drug-likeness (QED) is 0.780. The zero-order valence-corrected chi connectivity index (χ0v) is 12.4. The number of hydrogen-bond acceptors (Lipinski definition) is 3. The van der Waals surface area contributed by atoms with Crippen molar-refractivity contribution >= 4 is 15.9 Å². The highest BCUT2D eigenvalue weighted by atomic mass is 79.9. The molecule has 1 aliphatic rings. The molecule has 0 radical (unpaired) electrons. The van der Waals surface area contributed by atoms with Gasteiger partial charge in [0.1, 0.15) is 5.75 Å². The summed E-state index contributed by atoms with van der Waals surface area (Å²) in [4.78, 5) is 2.47. The number of nitrogens with zero attached hydrogens (tertiary/aromatic N) is 1. The number of hydrogen-bond donors (Lipinski definition) is 0. The van der Waals surface area contributed by atoms with Crippen molar-refractivity contribution in [2.45, 2.75) is 19.4 Å². The van der Waals surface area contributed by atoms with Gasteiger partial charge in [-0.25, -0.2) is 0 Å². The molecule has 18 heavy (non-hydrogen) atoms. The third-order valence-corrected chi connectivity index (χ3v) is 3.65. The van der Waals surface area contributed by atoms with Crippen molar-refractivity contribution in [1.29, 1.82) is 0 Å². The highest BCUT2D eigenvalue weighted by Crippen LogP contribution is 2.17. The van der Waals surface area contributed by atoms with E-state index in [1.807, 2.05) is 24.3 Å². The second-order valence-corrected chi connectivity index (χ2v) is 5.53. The molecular weight excluding hydrogens is 294 g/mol. The van der Waals surface area contributed by atoms with E-state index < -0.39 is 0 Å².